The van der Waals surface area contributed by atoms with Crippen LogP contribution in [0.25, 0.3) is 0 Å². The Bertz CT molecular complexity index is 773. The standard InChI is InChI=1S/C22H24N2O3/c1-16(15-23)14-19(20(25)27-3)24-21(26)22(2,17-10-6-4-7-11-17)18-12-8-5-9-13-18/h4-13,16,19H,14H2,1-3H3,(H,24,26)/t16-,19-/m0/s1. The van der Waals surface area contributed by atoms with Gasteiger partial charge in [-0.2, -0.15) is 5.26 Å². The monoisotopic (exact) mass is 364 g/mol. The Labute approximate surface area is 160 Å². The summed E-state index contributed by atoms with van der Waals surface area (Å²) in [7, 11) is 1.27. The Morgan fingerprint density at radius 2 is 1.56 bits per heavy atom. The lowest BCUT2D eigenvalue weighted by molar-refractivity contribution is -0.146. The van der Waals surface area contributed by atoms with Crippen LogP contribution in [0.2, 0.25) is 0 Å². The Hall–Kier alpha value is -3.13. The van der Waals surface area contributed by atoms with Crippen LogP contribution in [-0.4, -0.2) is 25.0 Å². The maximum atomic E-state index is 13.4. The molecule has 0 aromatic heterocycles. The molecule has 0 bridgehead atoms. The molecule has 140 valence electrons. The van der Waals surface area contributed by atoms with Crippen molar-refractivity contribution in [1.29, 1.82) is 5.26 Å². The van der Waals surface area contributed by atoms with Crippen LogP contribution in [0.1, 0.15) is 31.4 Å². The van der Waals surface area contributed by atoms with Gasteiger partial charge in [0.15, 0.2) is 0 Å². The van der Waals surface area contributed by atoms with Crippen molar-refractivity contribution in [3.05, 3.63) is 71.8 Å². The second-order valence-electron chi connectivity index (χ2n) is 6.67. The van der Waals surface area contributed by atoms with Crippen molar-refractivity contribution in [2.75, 3.05) is 7.11 Å². The van der Waals surface area contributed by atoms with Gasteiger partial charge in [0, 0.05) is 5.92 Å². The number of ether oxygens (including phenoxy) is 1. The Kier molecular flexibility index (Phi) is 6.73. The van der Waals surface area contributed by atoms with Crippen molar-refractivity contribution in [1.82, 2.24) is 5.32 Å². The Balaban J connectivity index is 2.42. The van der Waals surface area contributed by atoms with Crippen LogP contribution in [0, 0.1) is 17.2 Å². The van der Waals surface area contributed by atoms with E-state index in [0.717, 1.165) is 11.1 Å². The third-order valence-corrected chi connectivity index (χ3v) is 4.76. The van der Waals surface area contributed by atoms with E-state index in [9.17, 15) is 9.59 Å². The number of carbonyl (C=O) groups excluding carboxylic acids is 2. The number of hydrogen-bond donors (Lipinski definition) is 1. The number of nitriles is 1. The Morgan fingerprint density at radius 1 is 1.07 bits per heavy atom. The molecule has 2 aromatic rings. The molecule has 2 aromatic carbocycles. The molecule has 1 N–H and O–H groups in total. The van der Waals surface area contributed by atoms with Gasteiger partial charge in [-0.1, -0.05) is 60.7 Å². The molecule has 27 heavy (non-hydrogen) atoms. The zero-order chi connectivity index (χ0) is 19.9. The predicted molar refractivity (Wildman–Crippen MR) is 103 cm³/mol. The normalized spacial score (nSPS) is 13.1. The second-order valence-corrected chi connectivity index (χ2v) is 6.67. The first-order valence-electron chi connectivity index (χ1n) is 8.83. The number of methoxy groups -OCH3 is 1. The summed E-state index contributed by atoms with van der Waals surface area (Å²) < 4.78 is 4.82. The summed E-state index contributed by atoms with van der Waals surface area (Å²) >= 11 is 0. The lowest BCUT2D eigenvalue weighted by Crippen LogP contribution is -2.50. The third kappa shape index (κ3) is 4.53. The van der Waals surface area contributed by atoms with Gasteiger partial charge in [0.1, 0.15) is 6.04 Å². The number of esters is 1. The zero-order valence-electron chi connectivity index (χ0n) is 15.8. The van der Waals surface area contributed by atoms with Gasteiger partial charge in [-0.3, -0.25) is 4.79 Å². The topological polar surface area (TPSA) is 79.2 Å². The summed E-state index contributed by atoms with van der Waals surface area (Å²) in [4.78, 5) is 25.5. The average molecular weight is 364 g/mol. The number of hydrogen-bond acceptors (Lipinski definition) is 4. The van der Waals surface area contributed by atoms with E-state index in [-0.39, 0.29) is 12.3 Å². The van der Waals surface area contributed by atoms with Gasteiger partial charge in [-0.05, 0) is 31.4 Å². The highest BCUT2D eigenvalue weighted by Gasteiger charge is 2.39. The van der Waals surface area contributed by atoms with Crippen LogP contribution in [0.15, 0.2) is 60.7 Å². The minimum absolute atomic E-state index is 0.189. The van der Waals surface area contributed by atoms with E-state index in [2.05, 4.69) is 11.4 Å². The summed E-state index contributed by atoms with van der Waals surface area (Å²) in [5, 5.41) is 11.9. The maximum Gasteiger partial charge on any atom is 0.328 e. The van der Waals surface area contributed by atoms with Gasteiger partial charge in [0.25, 0.3) is 0 Å². The van der Waals surface area contributed by atoms with E-state index in [1.54, 1.807) is 6.92 Å². The van der Waals surface area contributed by atoms with Gasteiger partial charge in [0.2, 0.25) is 5.91 Å². The second kappa shape index (κ2) is 9.00. The summed E-state index contributed by atoms with van der Waals surface area (Å²) in [6, 6.07) is 20.0. The Morgan fingerprint density at radius 3 is 1.96 bits per heavy atom. The fourth-order valence-corrected chi connectivity index (χ4v) is 3.04. The zero-order valence-corrected chi connectivity index (χ0v) is 15.8. The molecule has 0 aliphatic heterocycles. The molecular formula is C22H24N2O3. The fraction of sp³-hybridized carbons (Fsp3) is 0.318. The van der Waals surface area contributed by atoms with Gasteiger partial charge in [-0.25, -0.2) is 4.79 Å². The SMILES string of the molecule is COC(=O)[C@H](C[C@H](C)C#N)NC(=O)C(C)(c1ccccc1)c1ccccc1. The van der Waals surface area contributed by atoms with E-state index in [4.69, 9.17) is 10.00 Å². The molecule has 5 nitrogen and oxygen atoms in total. The molecule has 0 fully saturated rings. The number of rotatable bonds is 7. The van der Waals surface area contributed by atoms with E-state index in [1.165, 1.54) is 7.11 Å². The van der Waals surface area contributed by atoms with E-state index in [0.29, 0.717) is 0 Å². The first kappa shape index (κ1) is 20.2. The van der Waals surface area contributed by atoms with E-state index < -0.39 is 23.3 Å². The first-order chi connectivity index (χ1) is 12.9. The lowest BCUT2D eigenvalue weighted by Gasteiger charge is -2.31. The first-order valence-corrected chi connectivity index (χ1v) is 8.83. The molecule has 5 heteroatoms. The average Bonchev–Trinajstić information content (AvgIpc) is 2.72. The molecule has 0 heterocycles. The molecule has 0 saturated carbocycles. The highest BCUT2D eigenvalue weighted by Crippen LogP contribution is 2.32. The summed E-state index contributed by atoms with van der Waals surface area (Å²) in [6.07, 6.45) is 0.189. The third-order valence-electron chi connectivity index (χ3n) is 4.76. The molecule has 0 unspecified atom stereocenters. The molecule has 2 rings (SSSR count). The number of nitrogens with one attached hydrogen (secondary N) is 1. The van der Waals surface area contributed by atoms with Crippen LogP contribution >= 0.6 is 0 Å². The van der Waals surface area contributed by atoms with Crippen LogP contribution in [-0.2, 0) is 19.7 Å². The van der Waals surface area contributed by atoms with Gasteiger partial charge >= 0.3 is 5.97 Å². The number of nitrogens with zero attached hydrogens (tertiary/aromatic N) is 1. The molecular weight excluding hydrogens is 340 g/mol. The van der Waals surface area contributed by atoms with Crippen LogP contribution < -0.4 is 5.32 Å². The number of carbonyl (C=O) groups is 2. The van der Waals surface area contributed by atoms with E-state index in [1.807, 2.05) is 67.6 Å². The lowest BCUT2D eigenvalue weighted by atomic mass is 9.75. The molecule has 0 aliphatic carbocycles. The molecule has 0 aliphatic rings. The van der Waals surface area contributed by atoms with Crippen molar-refractivity contribution in [3.63, 3.8) is 0 Å². The van der Waals surface area contributed by atoms with Gasteiger partial charge in [0.05, 0.1) is 18.6 Å². The van der Waals surface area contributed by atoms with Gasteiger partial charge < -0.3 is 10.1 Å². The molecule has 0 spiro atoms. The maximum absolute atomic E-state index is 13.4. The molecule has 0 saturated heterocycles. The highest BCUT2D eigenvalue weighted by molar-refractivity contribution is 5.94. The largest absolute Gasteiger partial charge is 0.467 e. The smallest absolute Gasteiger partial charge is 0.328 e. The van der Waals surface area contributed by atoms with Crippen LogP contribution in [0.4, 0.5) is 0 Å². The van der Waals surface area contributed by atoms with Crippen LogP contribution in [0.3, 0.4) is 0 Å². The van der Waals surface area contributed by atoms with Crippen molar-refractivity contribution >= 4 is 11.9 Å². The number of benzene rings is 2. The molecule has 0 radical (unpaired) electrons. The predicted octanol–water partition coefficient (Wildman–Crippen LogP) is 3.20. The number of amides is 1. The van der Waals surface area contributed by atoms with Crippen LogP contribution in [0.5, 0.6) is 0 Å². The summed E-state index contributed by atoms with van der Waals surface area (Å²) in [5.41, 5.74) is 0.626. The summed E-state index contributed by atoms with van der Waals surface area (Å²) in [6.45, 7) is 3.53. The van der Waals surface area contributed by atoms with Crippen molar-refractivity contribution in [3.8, 4) is 6.07 Å². The minimum Gasteiger partial charge on any atom is -0.467 e. The van der Waals surface area contributed by atoms with E-state index >= 15 is 0 Å². The highest BCUT2D eigenvalue weighted by atomic mass is 16.5. The quantitative estimate of drug-likeness (QED) is 0.765. The van der Waals surface area contributed by atoms with Crippen molar-refractivity contribution in [2.24, 2.45) is 5.92 Å². The molecule has 2 atom stereocenters. The van der Waals surface area contributed by atoms with Crippen molar-refractivity contribution in [2.45, 2.75) is 31.7 Å². The fourth-order valence-electron chi connectivity index (χ4n) is 3.04. The van der Waals surface area contributed by atoms with Crippen molar-refractivity contribution < 1.29 is 14.3 Å². The minimum atomic E-state index is -0.995. The molecule has 1 amide bonds. The summed E-state index contributed by atoms with van der Waals surface area (Å²) in [5.74, 6) is -1.27. The van der Waals surface area contributed by atoms with Gasteiger partial charge in [-0.15, -0.1) is 0 Å².